The number of fused-ring (bicyclic) bond motifs is 1. The van der Waals surface area contributed by atoms with Crippen LogP contribution in [-0.2, 0) is 6.54 Å². The molecule has 0 saturated heterocycles. The molecule has 0 unspecified atom stereocenters. The zero-order valence-corrected chi connectivity index (χ0v) is 11.9. The second-order valence-electron chi connectivity index (χ2n) is 5.80. The molecule has 1 aromatic carbocycles. The first kappa shape index (κ1) is 13.5. The fourth-order valence-electron chi connectivity index (χ4n) is 1.82. The molecule has 18 heavy (non-hydrogen) atoms. The summed E-state index contributed by atoms with van der Waals surface area (Å²) in [6.45, 7) is 8.78. The number of ether oxygens (including phenoxy) is 2. The van der Waals surface area contributed by atoms with Gasteiger partial charge < -0.3 is 14.8 Å². The van der Waals surface area contributed by atoms with E-state index in [0.717, 1.165) is 30.8 Å². The lowest BCUT2D eigenvalue weighted by molar-refractivity contribution is 0.174. The van der Waals surface area contributed by atoms with Gasteiger partial charge in [-0.05, 0) is 36.1 Å². The van der Waals surface area contributed by atoms with Crippen LogP contribution in [0.3, 0.4) is 0 Å². The van der Waals surface area contributed by atoms with Crippen LogP contribution >= 0.6 is 11.6 Å². The van der Waals surface area contributed by atoms with Crippen LogP contribution in [-0.4, -0.2) is 13.3 Å². The summed E-state index contributed by atoms with van der Waals surface area (Å²) in [6, 6.07) is 3.91. The molecular weight excluding hydrogens is 250 g/mol. The Kier molecular flexibility index (Phi) is 4.03. The van der Waals surface area contributed by atoms with Crippen LogP contribution < -0.4 is 14.8 Å². The van der Waals surface area contributed by atoms with Crippen LogP contribution in [0.25, 0.3) is 0 Å². The third-order valence-electron chi connectivity index (χ3n) is 2.87. The summed E-state index contributed by atoms with van der Waals surface area (Å²) < 4.78 is 10.6. The molecule has 1 aromatic rings. The minimum Gasteiger partial charge on any atom is -0.454 e. The fraction of sp³-hybridized carbons (Fsp3) is 0.571. The number of benzene rings is 1. The monoisotopic (exact) mass is 269 g/mol. The highest BCUT2D eigenvalue weighted by Gasteiger charge is 2.18. The van der Waals surface area contributed by atoms with Gasteiger partial charge in [0.1, 0.15) is 0 Å². The van der Waals surface area contributed by atoms with E-state index in [1.165, 1.54) is 0 Å². The second kappa shape index (κ2) is 5.37. The lowest BCUT2D eigenvalue weighted by atomic mass is 9.92. The minimum atomic E-state index is 0.260. The van der Waals surface area contributed by atoms with E-state index in [9.17, 15) is 0 Å². The molecule has 3 nitrogen and oxygen atoms in total. The van der Waals surface area contributed by atoms with Crippen LogP contribution in [0.2, 0.25) is 5.02 Å². The topological polar surface area (TPSA) is 30.5 Å². The van der Waals surface area contributed by atoms with E-state index < -0.39 is 0 Å². The zero-order chi connectivity index (χ0) is 13.2. The van der Waals surface area contributed by atoms with Crippen molar-refractivity contribution >= 4 is 11.6 Å². The molecule has 0 fully saturated rings. The van der Waals surface area contributed by atoms with Crippen LogP contribution in [0.4, 0.5) is 0 Å². The average Bonchev–Trinajstić information content (AvgIpc) is 2.71. The highest BCUT2D eigenvalue weighted by atomic mass is 35.5. The number of rotatable bonds is 4. The van der Waals surface area contributed by atoms with Gasteiger partial charge in [-0.15, -0.1) is 0 Å². The van der Waals surface area contributed by atoms with E-state index in [1.54, 1.807) is 0 Å². The first-order valence-corrected chi connectivity index (χ1v) is 6.62. The second-order valence-corrected chi connectivity index (χ2v) is 6.21. The van der Waals surface area contributed by atoms with Gasteiger partial charge in [-0.25, -0.2) is 0 Å². The molecule has 1 aliphatic heterocycles. The lowest BCUT2D eigenvalue weighted by Crippen LogP contribution is -2.20. The summed E-state index contributed by atoms with van der Waals surface area (Å²) in [4.78, 5) is 0. The van der Waals surface area contributed by atoms with E-state index >= 15 is 0 Å². The van der Waals surface area contributed by atoms with E-state index in [-0.39, 0.29) is 6.79 Å². The van der Waals surface area contributed by atoms with Gasteiger partial charge in [0.05, 0.1) is 5.02 Å². The minimum absolute atomic E-state index is 0.260. The fourth-order valence-corrected chi connectivity index (χ4v) is 2.11. The molecular formula is C14H20ClNO2. The summed E-state index contributed by atoms with van der Waals surface area (Å²) in [6.07, 6.45) is 1.14. The van der Waals surface area contributed by atoms with Crippen molar-refractivity contribution in [1.82, 2.24) is 5.32 Å². The molecule has 0 saturated carbocycles. The maximum atomic E-state index is 6.13. The van der Waals surface area contributed by atoms with Crippen molar-refractivity contribution in [3.05, 3.63) is 22.7 Å². The summed E-state index contributed by atoms with van der Waals surface area (Å²) in [5.41, 5.74) is 1.48. The first-order chi connectivity index (χ1) is 8.46. The number of nitrogens with one attached hydrogen (secondary N) is 1. The van der Waals surface area contributed by atoms with Gasteiger partial charge in [-0.3, -0.25) is 0 Å². The third-order valence-corrected chi connectivity index (χ3v) is 3.15. The van der Waals surface area contributed by atoms with E-state index in [1.807, 2.05) is 12.1 Å². The van der Waals surface area contributed by atoms with Crippen molar-refractivity contribution in [2.75, 3.05) is 13.3 Å². The zero-order valence-electron chi connectivity index (χ0n) is 11.2. The predicted octanol–water partition coefficient (Wildman–Crippen LogP) is 3.59. The molecule has 0 atom stereocenters. The van der Waals surface area contributed by atoms with Gasteiger partial charge in [0.2, 0.25) is 6.79 Å². The molecule has 100 valence electrons. The van der Waals surface area contributed by atoms with Crippen molar-refractivity contribution in [2.45, 2.75) is 33.7 Å². The van der Waals surface area contributed by atoms with Crippen molar-refractivity contribution < 1.29 is 9.47 Å². The van der Waals surface area contributed by atoms with Gasteiger partial charge in [0.15, 0.2) is 11.5 Å². The molecule has 0 aromatic heterocycles. The molecule has 0 radical (unpaired) electrons. The van der Waals surface area contributed by atoms with Crippen molar-refractivity contribution in [2.24, 2.45) is 5.41 Å². The Bertz CT molecular complexity index is 427. The number of halogens is 1. The SMILES string of the molecule is CC(C)(C)CCNCc1cc(Cl)c2c(c1)OCO2. The van der Waals surface area contributed by atoms with Crippen LogP contribution in [0.1, 0.15) is 32.8 Å². The largest absolute Gasteiger partial charge is 0.454 e. The summed E-state index contributed by atoms with van der Waals surface area (Å²) >= 11 is 6.13. The summed E-state index contributed by atoms with van der Waals surface area (Å²) in [5.74, 6) is 1.41. The van der Waals surface area contributed by atoms with Gasteiger partial charge in [0, 0.05) is 6.54 Å². The van der Waals surface area contributed by atoms with Crippen molar-refractivity contribution in [1.29, 1.82) is 0 Å². The lowest BCUT2D eigenvalue weighted by Gasteiger charge is -2.18. The maximum Gasteiger partial charge on any atom is 0.231 e. The maximum absolute atomic E-state index is 6.13. The molecule has 1 heterocycles. The standard InChI is InChI=1S/C14H20ClNO2/c1-14(2,3)4-5-16-8-10-6-11(15)13-12(7-10)17-9-18-13/h6-7,16H,4-5,8-9H2,1-3H3. The van der Waals surface area contributed by atoms with Crippen molar-refractivity contribution in [3.63, 3.8) is 0 Å². The molecule has 2 rings (SSSR count). The number of hydrogen-bond donors (Lipinski definition) is 1. The summed E-state index contributed by atoms with van der Waals surface area (Å²) in [5, 5.41) is 4.04. The smallest absolute Gasteiger partial charge is 0.231 e. The molecule has 1 N–H and O–H groups in total. The first-order valence-electron chi connectivity index (χ1n) is 6.24. The van der Waals surface area contributed by atoms with Crippen LogP contribution in [0.15, 0.2) is 12.1 Å². The van der Waals surface area contributed by atoms with Crippen molar-refractivity contribution in [3.8, 4) is 11.5 Å². The normalized spacial score (nSPS) is 14.0. The Labute approximate surface area is 113 Å². The number of hydrogen-bond acceptors (Lipinski definition) is 3. The molecule has 0 aliphatic carbocycles. The Morgan fingerprint density at radius 2 is 2.06 bits per heavy atom. The summed E-state index contributed by atoms with van der Waals surface area (Å²) in [7, 11) is 0. The average molecular weight is 270 g/mol. The van der Waals surface area contributed by atoms with Gasteiger partial charge in [-0.1, -0.05) is 32.4 Å². The van der Waals surface area contributed by atoms with Gasteiger partial charge >= 0.3 is 0 Å². The highest BCUT2D eigenvalue weighted by Crippen LogP contribution is 2.39. The Morgan fingerprint density at radius 1 is 1.28 bits per heavy atom. The Balaban J connectivity index is 1.89. The van der Waals surface area contributed by atoms with Crippen LogP contribution in [0.5, 0.6) is 11.5 Å². The highest BCUT2D eigenvalue weighted by molar-refractivity contribution is 6.32. The Hall–Kier alpha value is -0.930. The predicted molar refractivity (Wildman–Crippen MR) is 73.4 cm³/mol. The third kappa shape index (κ3) is 3.53. The molecule has 1 aliphatic rings. The quantitative estimate of drug-likeness (QED) is 0.848. The van der Waals surface area contributed by atoms with Crippen LogP contribution in [0, 0.1) is 5.41 Å². The molecule has 4 heteroatoms. The Morgan fingerprint density at radius 3 is 2.78 bits per heavy atom. The molecule has 0 bridgehead atoms. The van der Waals surface area contributed by atoms with E-state index in [2.05, 4.69) is 26.1 Å². The molecule has 0 spiro atoms. The van der Waals surface area contributed by atoms with Gasteiger partial charge in [-0.2, -0.15) is 0 Å². The van der Waals surface area contributed by atoms with Gasteiger partial charge in [0.25, 0.3) is 0 Å². The molecule has 0 amide bonds. The van der Waals surface area contributed by atoms with E-state index in [0.29, 0.717) is 16.2 Å². The van der Waals surface area contributed by atoms with E-state index in [4.69, 9.17) is 21.1 Å².